The normalized spacial score (nSPS) is 17.1. The number of nitrogens with zero attached hydrogens (tertiary/aromatic N) is 2. The molecule has 3 aromatic rings. The maximum Gasteiger partial charge on any atom is 0.309 e. The van der Waals surface area contributed by atoms with Crippen molar-refractivity contribution in [3.63, 3.8) is 0 Å². The molecule has 200 valence electrons. The summed E-state index contributed by atoms with van der Waals surface area (Å²) in [4.78, 5) is 30.5. The highest BCUT2D eigenvalue weighted by Crippen LogP contribution is 2.29. The van der Waals surface area contributed by atoms with Crippen LogP contribution in [0.15, 0.2) is 77.3 Å². The number of amides is 2. The smallest absolute Gasteiger partial charge is 0.309 e. The quantitative estimate of drug-likeness (QED) is 0.372. The van der Waals surface area contributed by atoms with Gasteiger partial charge >= 0.3 is 11.8 Å². The summed E-state index contributed by atoms with van der Waals surface area (Å²) in [6.07, 6.45) is 0.0887. The highest BCUT2D eigenvalue weighted by Gasteiger charge is 2.28. The molecule has 0 spiro atoms. The first-order valence-corrected chi connectivity index (χ1v) is 13.7. The largest absolute Gasteiger partial charge is 0.346 e. The molecule has 2 amide bonds. The summed E-state index contributed by atoms with van der Waals surface area (Å²) in [5.41, 5.74) is 2.20. The van der Waals surface area contributed by atoms with Crippen LogP contribution in [0.4, 0.5) is 4.39 Å². The lowest BCUT2D eigenvalue weighted by molar-refractivity contribution is -0.139. The third kappa shape index (κ3) is 7.41. The van der Waals surface area contributed by atoms with Crippen LogP contribution in [0.3, 0.4) is 0 Å². The molecule has 1 saturated heterocycles. The molecule has 1 aliphatic rings. The Morgan fingerprint density at radius 1 is 1.03 bits per heavy atom. The van der Waals surface area contributed by atoms with Gasteiger partial charge in [-0.15, -0.1) is 0 Å². The molecule has 3 aromatic carbocycles. The van der Waals surface area contributed by atoms with Crippen molar-refractivity contribution in [2.45, 2.75) is 25.0 Å². The van der Waals surface area contributed by atoms with Crippen molar-refractivity contribution < 1.29 is 14.0 Å². The van der Waals surface area contributed by atoms with E-state index in [-0.39, 0.29) is 23.0 Å². The molecule has 0 aromatic heterocycles. The number of hydrogen-bond donors (Lipinski definition) is 2. The number of halogens is 3. The molecule has 1 heterocycles. The first kappa shape index (κ1) is 28.2. The number of piperazine rings is 1. The Morgan fingerprint density at radius 3 is 2.50 bits per heavy atom. The number of rotatable bonds is 8. The van der Waals surface area contributed by atoms with E-state index in [1.165, 1.54) is 17.7 Å². The van der Waals surface area contributed by atoms with E-state index < -0.39 is 23.7 Å². The van der Waals surface area contributed by atoms with Gasteiger partial charge in [0, 0.05) is 60.2 Å². The van der Waals surface area contributed by atoms with Gasteiger partial charge in [-0.05, 0) is 36.4 Å². The van der Waals surface area contributed by atoms with Crippen molar-refractivity contribution in [3.05, 3.63) is 105 Å². The maximum absolute atomic E-state index is 14.6. The van der Waals surface area contributed by atoms with Gasteiger partial charge in [-0.1, -0.05) is 82.1 Å². The van der Waals surface area contributed by atoms with E-state index in [0.717, 1.165) is 36.2 Å². The Labute approximate surface area is 236 Å². The fourth-order valence-corrected chi connectivity index (χ4v) is 5.51. The lowest BCUT2D eigenvalue weighted by atomic mass is 9.98. The van der Waals surface area contributed by atoms with Gasteiger partial charge in [-0.25, -0.2) is 4.39 Å². The fraction of sp³-hybridized carbons (Fsp3) is 0.310. The van der Waals surface area contributed by atoms with Crippen molar-refractivity contribution in [2.75, 3.05) is 33.2 Å². The van der Waals surface area contributed by atoms with Crippen LogP contribution >= 0.6 is 27.5 Å². The Morgan fingerprint density at radius 2 is 1.76 bits per heavy atom. The molecule has 38 heavy (non-hydrogen) atoms. The third-order valence-electron chi connectivity index (χ3n) is 6.80. The Hall–Kier alpha value is -2.78. The number of carbonyl (C=O) groups is 2. The number of carbonyl (C=O) groups excluding carboxylic acids is 2. The average Bonchev–Trinajstić information content (AvgIpc) is 2.91. The van der Waals surface area contributed by atoms with Crippen molar-refractivity contribution in [3.8, 4) is 0 Å². The summed E-state index contributed by atoms with van der Waals surface area (Å²) in [5, 5.41) is 5.87. The first-order valence-electron chi connectivity index (χ1n) is 12.5. The van der Waals surface area contributed by atoms with E-state index in [1.54, 1.807) is 6.07 Å². The van der Waals surface area contributed by atoms with Crippen LogP contribution in [0.2, 0.25) is 5.02 Å². The lowest BCUT2D eigenvalue weighted by Crippen LogP contribution is -2.56. The second kappa shape index (κ2) is 13.3. The standard InChI is InChI=1S/C29H31BrClFN4O2/c1-35-14-15-36(18-20-8-3-2-4-9-20)21(19-35)17-33-28(37)29(38)34-27(22-10-5-6-11-24(22)30)16-23-25(31)12-7-13-26(23)32/h2-13,21,27H,14-19H2,1H3,(H,33,37)(H,34,38). The minimum absolute atomic E-state index is 0.0574. The molecule has 1 aliphatic heterocycles. The molecule has 2 atom stereocenters. The average molecular weight is 602 g/mol. The molecular weight excluding hydrogens is 571 g/mol. The van der Waals surface area contributed by atoms with Gasteiger partial charge in [-0.3, -0.25) is 14.5 Å². The van der Waals surface area contributed by atoms with E-state index in [0.29, 0.717) is 6.54 Å². The number of hydrogen-bond acceptors (Lipinski definition) is 4. The van der Waals surface area contributed by atoms with Crippen molar-refractivity contribution in [1.82, 2.24) is 20.4 Å². The zero-order chi connectivity index (χ0) is 27.1. The molecule has 6 nitrogen and oxygen atoms in total. The van der Waals surface area contributed by atoms with Crippen LogP contribution in [0.1, 0.15) is 22.7 Å². The highest BCUT2D eigenvalue weighted by molar-refractivity contribution is 9.10. The third-order valence-corrected chi connectivity index (χ3v) is 7.87. The van der Waals surface area contributed by atoms with Crippen LogP contribution in [0.25, 0.3) is 0 Å². The zero-order valence-electron chi connectivity index (χ0n) is 21.2. The van der Waals surface area contributed by atoms with E-state index in [9.17, 15) is 14.0 Å². The second-order valence-corrected chi connectivity index (χ2v) is 10.8. The monoisotopic (exact) mass is 600 g/mol. The summed E-state index contributed by atoms with van der Waals surface area (Å²) in [6.45, 7) is 3.69. The van der Waals surface area contributed by atoms with Gasteiger partial charge in [-0.2, -0.15) is 0 Å². The fourth-order valence-electron chi connectivity index (χ4n) is 4.71. The van der Waals surface area contributed by atoms with Crippen LogP contribution in [0.5, 0.6) is 0 Å². The Kier molecular flexibility index (Phi) is 9.91. The van der Waals surface area contributed by atoms with Crippen LogP contribution < -0.4 is 10.6 Å². The number of benzene rings is 3. The topological polar surface area (TPSA) is 64.7 Å². The van der Waals surface area contributed by atoms with Crippen LogP contribution in [0, 0.1) is 5.82 Å². The highest BCUT2D eigenvalue weighted by atomic mass is 79.9. The van der Waals surface area contributed by atoms with Gasteiger partial charge in [0.15, 0.2) is 0 Å². The summed E-state index contributed by atoms with van der Waals surface area (Å²) in [5.74, 6) is -1.97. The number of nitrogens with one attached hydrogen (secondary N) is 2. The van der Waals surface area contributed by atoms with E-state index in [2.05, 4.69) is 55.5 Å². The summed E-state index contributed by atoms with van der Waals surface area (Å²) in [6, 6.07) is 21.4. The van der Waals surface area contributed by atoms with E-state index >= 15 is 0 Å². The van der Waals surface area contributed by atoms with Gasteiger partial charge in [0.25, 0.3) is 0 Å². The van der Waals surface area contributed by atoms with Crippen molar-refractivity contribution in [1.29, 1.82) is 0 Å². The SMILES string of the molecule is CN1CCN(Cc2ccccc2)C(CNC(=O)C(=O)NC(Cc2c(F)cccc2Cl)c2ccccc2Br)C1. The molecule has 2 N–H and O–H groups in total. The van der Waals surface area contributed by atoms with Gasteiger partial charge in [0.2, 0.25) is 0 Å². The molecule has 2 unspecified atom stereocenters. The van der Waals surface area contributed by atoms with E-state index in [1.807, 2.05) is 42.5 Å². The molecule has 9 heteroatoms. The summed E-state index contributed by atoms with van der Waals surface area (Å²) >= 11 is 9.77. The van der Waals surface area contributed by atoms with Crippen molar-refractivity contribution in [2.24, 2.45) is 0 Å². The summed E-state index contributed by atoms with van der Waals surface area (Å²) in [7, 11) is 2.05. The van der Waals surface area contributed by atoms with Crippen LogP contribution in [-0.2, 0) is 22.6 Å². The second-order valence-electron chi connectivity index (χ2n) is 9.53. The minimum Gasteiger partial charge on any atom is -0.346 e. The predicted octanol–water partition coefficient (Wildman–Crippen LogP) is 4.57. The predicted molar refractivity (Wildman–Crippen MR) is 151 cm³/mol. The number of likely N-dealkylation sites (N-methyl/N-ethyl adjacent to an activating group) is 1. The lowest BCUT2D eigenvalue weighted by Gasteiger charge is -2.40. The Bertz CT molecular complexity index is 1240. The van der Waals surface area contributed by atoms with Crippen molar-refractivity contribution >= 4 is 39.3 Å². The Balaban J connectivity index is 1.43. The molecule has 0 bridgehead atoms. The molecule has 0 aliphatic carbocycles. The van der Waals surface area contributed by atoms with E-state index in [4.69, 9.17) is 11.6 Å². The van der Waals surface area contributed by atoms with Gasteiger partial charge in [0.1, 0.15) is 5.82 Å². The zero-order valence-corrected chi connectivity index (χ0v) is 23.5. The maximum atomic E-state index is 14.6. The van der Waals surface area contributed by atoms with Gasteiger partial charge < -0.3 is 15.5 Å². The molecule has 4 rings (SSSR count). The molecule has 0 radical (unpaired) electrons. The van der Waals surface area contributed by atoms with Crippen LogP contribution in [-0.4, -0.2) is 60.9 Å². The molecular formula is C29H31BrClFN4O2. The van der Waals surface area contributed by atoms with Gasteiger partial charge in [0.05, 0.1) is 6.04 Å². The first-order chi connectivity index (χ1) is 18.3. The molecule has 0 saturated carbocycles. The summed E-state index contributed by atoms with van der Waals surface area (Å²) < 4.78 is 15.3. The minimum atomic E-state index is -0.781. The molecule has 1 fully saturated rings.